The van der Waals surface area contributed by atoms with Crippen molar-refractivity contribution in [3.05, 3.63) is 24.5 Å². The second-order valence-electron chi connectivity index (χ2n) is 4.51. The Kier molecular flexibility index (Phi) is 4.41. The maximum absolute atomic E-state index is 5.58. The summed E-state index contributed by atoms with van der Waals surface area (Å²) >= 11 is 0. The number of nitrogens with one attached hydrogen (secondary N) is 1. The molecule has 0 aromatic carbocycles. The largest absolute Gasteiger partial charge is 0.370 e. The SMILES string of the molecule is CC(CN)CCCNc1ccc2nccnc2n1. The number of rotatable bonds is 6. The van der Waals surface area contributed by atoms with Crippen LogP contribution in [0.25, 0.3) is 11.2 Å². The maximum atomic E-state index is 5.58. The summed E-state index contributed by atoms with van der Waals surface area (Å²) in [7, 11) is 0. The molecule has 0 bridgehead atoms. The van der Waals surface area contributed by atoms with Gasteiger partial charge in [0, 0.05) is 18.9 Å². The van der Waals surface area contributed by atoms with Crippen LogP contribution in [0.2, 0.25) is 0 Å². The summed E-state index contributed by atoms with van der Waals surface area (Å²) in [6.45, 7) is 3.83. The second kappa shape index (κ2) is 6.26. The van der Waals surface area contributed by atoms with Gasteiger partial charge in [0.15, 0.2) is 5.65 Å². The lowest BCUT2D eigenvalue weighted by Crippen LogP contribution is -2.12. The normalized spacial score (nSPS) is 12.6. The molecule has 3 N–H and O–H groups in total. The molecule has 0 spiro atoms. The molecular formula is C13H19N5. The van der Waals surface area contributed by atoms with Crippen molar-refractivity contribution in [3.63, 3.8) is 0 Å². The highest BCUT2D eigenvalue weighted by Gasteiger charge is 2.01. The minimum Gasteiger partial charge on any atom is -0.370 e. The average molecular weight is 245 g/mol. The summed E-state index contributed by atoms with van der Waals surface area (Å²) in [5.41, 5.74) is 7.08. The van der Waals surface area contributed by atoms with Crippen LogP contribution in [-0.4, -0.2) is 28.0 Å². The van der Waals surface area contributed by atoms with E-state index in [1.165, 1.54) is 0 Å². The first-order valence-electron chi connectivity index (χ1n) is 6.31. The molecule has 0 amide bonds. The number of hydrogen-bond donors (Lipinski definition) is 2. The molecule has 0 saturated heterocycles. The van der Waals surface area contributed by atoms with Gasteiger partial charge >= 0.3 is 0 Å². The predicted molar refractivity (Wildman–Crippen MR) is 73.3 cm³/mol. The highest BCUT2D eigenvalue weighted by Crippen LogP contribution is 2.10. The fourth-order valence-corrected chi connectivity index (χ4v) is 1.74. The molecule has 0 aliphatic rings. The third-order valence-electron chi connectivity index (χ3n) is 2.91. The molecule has 2 heterocycles. The average Bonchev–Trinajstić information content (AvgIpc) is 2.43. The fraction of sp³-hybridized carbons (Fsp3) is 0.462. The molecule has 0 aliphatic carbocycles. The van der Waals surface area contributed by atoms with Crippen LogP contribution >= 0.6 is 0 Å². The molecule has 0 aliphatic heterocycles. The lowest BCUT2D eigenvalue weighted by molar-refractivity contribution is 0.529. The molecule has 2 rings (SSSR count). The summed E-state index contributed by atoms with van der Waals surface area (Å²) in [4.78, 5) is 12.8. The van der Waals surface area contributed by atoms with E-state index in [4.69, 9.17) is 5.73 Å². The summed E-state index contributed by atoms with van der Waals surface area (Å²) in [6.07, 6.45) is 5.56. The standard InChI is InChI=1S/C13H19N5/c1-10(9-14)3-2-6-16-12-5-4-11-13(18-12)17-8-7-15-11/h4-5,7-8,10H,2-3,6,9,14H2,1H3,(H,16,17,18). The smallest absolute Gasteiger partial charge is 0.180 e. The van der Waals surface area contributed by atoms with Gasteiger partial charge < -0.3 is 11.1 Å². The lowest BCUT2D eigenvalue weighted by Gasteiger charge is -2.09. The van der Waals surface area contributed by atoms with E-state index in [-0.39, 0.29) is 0 Å². The molecule has 1 unspecified atom stereocenters. The van der Waals surface area contributed by atoms with E-state index in [2.05, 4.69) is 27.2 Å². The molecule has 2 aromatic heterocycles. The van der Waals surface area contributed by atoms with Crippen molar-refractivity contribution in [2.24, 2.45) is 11.7 Å². The van der Waals surface area contributed by atoms with Gasteiger partial charge in [0.2, 0.25) is 0 Å². The van der Waals surface area contributed by atoms with Gasteiger partial charge in [-0.2, -0.15) is 0 Å². The van der Waals surface area contributed by atoms with E-state index in [0.717, 1.165) is 37.3 Å². The van der Waals surface area contributed by atoms with Crippen molar-refractivity contribution >= 4 is 17.0 Å². The number of nitrogens with zero attached hydrogens (tertiary/aromatic N) is 3. The topological polar surface area (TPSA) is 76.7 Å². The Morgan fingerprint density at radius 1 is 1.28 bits per heavy atom. The third-order valence-corrected chi connectivity index (χ3v) is 2.91. The monoisotopic (exact) mass is 245 g/mol. The Hall–Kier alpha value is -1.75. The first-order valence-corrected chi connectivity index (χ1v) is 6.31. The van der Waals surface area contributed by atoms with Crippen LogP contribution in [0.15, 0.2) is 24.5 Å². The predicted octanol–water partition coefficient (Wildman–Crippen LogP) is 1.81. The number of nitrogens with two attached hydrogens (primary N) is 1. The van der Waals surface area contributed by atoms with Crippen molar-refractivity contribution in [1.29, 1.82) is 0 Å². The van der Waals surface area contributed by atoms with Gasteiger partial charge in [0.1, 0.15) is 11.3 Å². The molecule has 18 heavy (non-hydrogen) atoms. The van der Waals surface area contributed by atoms with Crippen LogP contribution in [0.1, 0.15) is 19.8 Å². The summed E-state index contributed by atoms with van der Waals surface area (Å²) < 4.78 is 0. The zero-order chi connectivity index (χ0) is 12.8. The summed E-state index contributed by atoms with van der Waals surface area (Å²) in [5.74, 6) is 1.44. The number of pyridine rings is 1. The van der Waals surface area contributed by atoms with Crippen LogP contribution in [0.3, 0.4) is 0 Å². The van der Waals surface area contributed by atoms with Crippen LogP contribution in [0, 0.1) is 5.92 Å². The molecule has 2 aromatic rings. The Balaban J connectivity index is 1.88. The summed E-state index contributed by atoms with van der Waals surface area (Å²) in [5, 5.41) is 3.30. The Labute approximate surface area is 107 Å². The van der Waals surface area contributed by atoms with Crippen LogP contribution < -0.4 is 11.1 Å². The lowest BCUT2D eigenvalue weighted by atomic mass is 10.1. The molecule has 0 saturated carbocycles. The molecule has 0 radical (unpaired) electrons. The van der Waals surface area contributed by atoms with Crippen LogP contribution in [0.4, 0.5) is 5.82 Å². The zero-order valence-corrected chi connectivity index (χ0v) is 10.6. The van der Waals surface area contributed by atoms with Crippen molar-refractivity contribution in [3.8, 4) is 0 Å². The first-order chi connectivity index (χ1) is 8.79. The van der Waals surface area contributed by atoms with Gasteiger partial charge in [0.05, 0.1) is 0 Å². The Morgan fingerprint density at radius 2 is 2.11 bits per heavy atom. The molecule has 5 nitrogen and oxygen atoms in total. The van der Waals surface area contributed by atoms with Crippen LogP contribution in [0.5, 0.6) is 0 Å². The first kappa shape index (κ1) is 12.7. The summed E-state index contributed by atoms with van der Waals surface area (Å²) in [6, 6.07) is 3.86. The fourth-order valence-electron chi connectivity index (χ4n) is 1.74. The maximum Gasteiger partial charge on any atom is 0.180 e. The highest BCUT2D eigenvalue weighted by atomic mass is 15.0. The van der Waals surface area contributed by atoms with Gasteiger partial charge in [0.25, 0.3) is 0 Å². The van der Waals surface area contributed by atoms with Gasteiger partial charge in [-0.05, 0) is 37.4 Å². The van der Waals surface area contributed by atoms with Crippen molar-refractivity contribution < 1.29 is 0 Å². The number of fused-ring (bicyclic) bond motifs is 1. The number of hydrogen-bond acceptors (Lipinski definition) is 5. The van der Waals surface area contributed by atoms with Gasteiger partial charge in [-0.15, -0.1) is 0 Å². The zero-order valence-electron chi connectivity index (χ0n) is 10.6. The highest BCUT2D eigenvalue weighted by molar-refractivity contribution is 5.71. The molecule has 96 valence electrons. The quantitative estimate of drug-likeness (QED) is 0.759. The third kappa shape index (κ3) is 3.37. The number of aromatic nitrogens is 3. The second-order valence-corrected chi connectivity index (χ2v) is 4.51. The van der Waals surface area contributed by atoms with Gasteiger partial charge in [-0.25, -0.2) is 9.97 Å². The van der Waals surface area contributed by atoms with E-state index in [1.54, 1.807) is 12.4 Å². The van der Waals surface area contributed by atoms with E-state index < -0.39 is 0 Å². The van der Waals surface area contributed by atoms with E-state index >= 15 is 0 Å². The Bertz CT molecular complexity index is 499. The molecular weight excluding hydrogens is 226 g/mol. The molecule has 1 atom stereocenters. The van der Waals surface area contributed by atoms with Crippen LogP contribution in [-0.2, 0) is 0 Å². The van der Waals surface area contributed by atoms with Gasteiger partial charge in [-0.1, -0.05) is 6.92 Å². The van der Waals surface area contributed by atoms with Crippen molar-refractivity contribution in [1.82, 2.24) is 15.0 Å². The molecule has 5 heteroatoms. The van der Waals surface area contributed by atoms with E-state index in [1.807, 2.05) is 12.1 Å². The minimum absolute atomic E-state index is 0.585. The van der Waals surface area contributed by atoms with E-state index in [9.17, 15) is 0 Å². The molecule has 0 fully saturated rings. The van der Waals surface area contributed by atoms with Crippen molar-refractivity contribution in [2.75, 3.05) is 18.4 Å². The Morgan fingerprint density at radius 3 is 2.94 bits per heavy atom. The van der Waals surface area contributed by atoms with Crippen molar-refractivity contribution in [2.45, 2.75) is 19.8 Å². The minimum atomic E-state index is 0.585. The van der Waals surface area contributed by atoms with E-state index in [0.29, 0.717) is 11.6 Å². The van der Waals surface area contributed by atoms with Gasteiger partial charge in [-0.3, -0.25) is 4.98 Å². The number of anilines is 1.